The molecular formula is C10H9NS2. The topological polar surface area (TPSA) is 15.8 Å². The molecule has 0 aliphatic rings. The Morgan fingerprint density at radius 1 is 1.31 bits per heavy atom. The maximum atomic E-state index is 5.09. The highest BCUT2D eigenvalue weighted by Gasteiger charge is 1.99. The van der Waals surface area contributed by atoms with Gasteiger partial charge in [0.05, 0.1) is 10.6 Å². The van der Waals surface area contributed by atoms with Gasteiger partial charge in [0.15, 0.2) is 0 Å². The third-order valence-electron chi connectivity index (χ3n) is 1.78. The van der Waals surface area contributed by atoms with Crippen molar-refractivity contribution in [3.63, 3.8) is 0 Å². The average Bonchev–Trinajstić information content (AvgIpc) is 2.52. The molecule has 0 amide bonds. The number of H-pyrrole nitrogens is 1. The molecule has 0 saturated heterocycles. The second kappa shape index (κ2) is 3.44. The predicted octanol–water partition coefficient (Wildman–Crippen LogP) is 3.78. The van der Waals surface area contributed by atoms with Gasteiger partial charge in [-0.15, -0.1) is 11.3 Å². The van der Waals surface area contributed by atoms with Gasteiger partial charge < -0.3 is 4.98 Å². The largest absolute Gasteiger partial charge is 0.360 e. The SMILES string of the molecule is Cc1ccc(-c2cc(=S)cc[nH]2)s1. The van der Waals surface area contributed by atoms with Crippen LogP contribution in [0.15, 0.2) is 30.5 Å². The number of aryl methyl sites for hydroxylation is 1. The van der Waals surface area contributed by atoms with Gasteiger partial charge in [0.1, 0.15) is 0 Å². The summed E-state index contributed by atoms with van der Waals surface area (Å²) in [6.07, 6.45) is 1.88. The number of aromatic amines is 1. The van der Waals surface area contributed by atoms with E-state index in [-0.39, 0.29) is 0 Å². The van der Waals surface area contributed by atoms with E-state index >= 15 is 0 Å². The van der Waals surface area contributed by atoms with Crippen LogP contribution in [0.5, 0.6) is 0 Å². The summed E-state index contributed by atoms with van der Waals surface area (Å²) in [6.45, 7) is 2.10. The molecule has 13 heavy (non-hydrogen) atoms. The standard InChI is InChI=1S/C10H9NS2/c1-7-2-3-10(13-7)9-6-8(12)4-5-11-9/h2-6H,1H3,(H,11,12). The molecule has 2 rings (SSSR count). The molecule has 0 atom stereocenters. The minimum atomic E-state index is 0.875. The minimum Gasteiger partial charge on any atom is -0.360 e. The molecule has 0 bridgehead atoms. The second-order valence-electron chi connectivity index (χ2n) is 2.85. The van der Waals surface area contributed by atoms with E-state index < -0.39 is 0 Å². The molecule has 0 aliphatic carbocycles. The van der Waals surface area contributed by atoms with Crippen molar-refractivity contribution in [3.05, 3.63) is 39.8 Å². The van der Waals surface area contributed by atoms with Crippen molar-refractivity contribution in [2.24, 2.45) is 0 Å². The lowest BCUT2D eigenvalue weighted by molar-refractivity contribution is 1.33. The van der Waals surface area contributed by atoms with E-state index in [0.717, 1.165) is 10.2 Å². The zero-order valence-corrected chi connectivity index (χ0v) is 8.84. The Labute approximate surface area is 86.1 Å². The third-order valence-corrected chi connectivity index (χ3v) is 3.07. The van der Waals surface area contributed by atoms with Crippen molar-refractivity contribution in [2.75, 3.05) is 0 Å². The van der Waals surface area contributed by atoms with Gasteiger partial charge in [-0.25, -0.2) is 0 Å². The number of aromatic nitrogens is 1. The maximum absolute atomic E-state index is 5.09. The van der Waals surface area contributed by atoms with Crippen molar-refractivity contribution in [1.82, 2.24) is 4.98 Å². The molecule has 3 heteroatoms. The van der Waals surface area contributed by atoms with Crippen LogP contribution in [-0.2, 0) is 0 Å². The van der Waals surface area contributed by atoms with E-state index in [1.165, 1.54) is 9.75 Å². The van der Waals surface area contributed by atoms with E-state index in [1.54, 1.807) is 11.3 Å². The normalized spacial score (nSPS) is 10.2. The van der Waals surface area contributed by atoms with Crippen LogP contribution in [0.4, 0.5) is 0 Å². The maximum Gasteiger partial charge on any atom is 0.0569 e. The van der Waals surface area contributed by atoms with Gasteiger partial charge in [-0.2, -0.15) is 0 Å². The molecule has 0 unspecified atom stereocenters. The van der Waals surface area contributed by atoms with Crippen molar-refractivity contribution in [3.8, 4) is 10.6 Å². The Kier molecular flexibility index (Phi) is 2.29. The van der Waals surface area contributed by atoms with Gasteiger partial charge in [-0.3, -0.25) is 0 Å². The molecule has 0 spiro atoms. The fraction of sp³-hybridized carbons (Fsp3) is 0.100. The zero-order chi connectivity index (χ0) is 9.26. The molecule has 2 heterocycles. The number of hydrogen-bond acceptors (Lipinski definition) is 2. The van der Waals surface area contributed by atoms with Crippen molar-refractivity contribution < 1.29 is 0 Å². The molecule has 2 aromatic heterocycles. The summed E-state index contributed by atoms with van der Waals surface area (Å²) in [6, 6.07) is 8.10. The summed E-state index contributed by atoms with van der Waals surface area (Å²) in [5.74, 6) is 0. The average molecular weight is 207 g/mol. The van der Waals surface area contributed by atoms with Crippen molar-refractivity contribution in [2.45, 2.75) is 6.92 Å². The second-order valence-corrected chi connectivity index (χ2v) is 4.61. The lowest BCUT2D eigenvalue weighted by Gasteiger charge is -1.95. The molecule has 0 radical (unpaired) electrons. The molecule has 2 aromatic rings. The number of rotatable bonds is 1. The zero-order valence-electron chi connectivity index (χ0n) is 7.20. The molecule has 0 aliphatic heterocycles. The van der Waals surface area contributed by atoms with E-state index in [2.05, 4.69) is 24.0 Å². The summed E-state index contributed by atoms with van der Waals surface area (Å²) in [5, 5.41) is 0. The van der Waals surface area contributed by atoms with Gasteiger partial charge in [0, 0.05) is 15.6 Å². The lowest BCUT2D eigenvalue weighted by atomic mass is 10.3. The first kappa shape index (κ1) is 8.66. The molecule has 1 N–H and O–H groups in total. The molecule has 0 saturated carbocycles. The first-order chi connectivity index (χ1) is 6.25. The van der Waals surface area contributed by atoms with E-state index in [9.17, 15) is 0 Å². The van der Waals surface area contributed by atoms with Gasteiger partial charge in [0.2, 0.25) is 0 Å². The molecule has 0 fully saturated rings. The minimum absolute atomic E-state index is 0.875. The quantitative estimate of drug-likeness (QED) is 0.704. The van der Waals surface area contributed by atoms with E-state index in [0.29, 0.717) is 0 Å². The Morgan fingerprint density at radius 2 is 2.15 bits per heavy atom. The predicted molar refractivity (Wildman–Crippen MR) is 59.7 cm³/mol. The number of thiophene rings is 1. The van der Waals surface area contributed by atoms with Crippen LogP contribution in [-0.4, -0.2) is 4.98 Å². The highest BCUT2D eigenvalue weighted by molar-refractivity contribution is 7.71. The Hall–Kier alpha value is -0.930. The van der Waals surface area contributed by atoms with Crippen molar-refractivity contribution in [1.29, 1.82) is 0 Å². The van der Waals surface area contributed by atoms with Crippen LogP contribution < -0.4 is 0 Å². The highest BCUT2D eigenvalue weighted by atomic mass is 32.1. The van der Waals surface area contributed by atoms with E-state index in [1.807, 2.05) is 18.3 Å². The van der Waals surface area contributed by atoms with Gasteiger partial charge in [-0.1, -0.05) is 12.2 Å². The molecule has 1 nitrogen and oxygen atoms in total. The summed E-state index contributed by atoms with van der Waals surface area (Å²) in [7, 11) is 0. The fourth-order valence-corrected chi connectivity index (χ4v) is 2.20. The Balaban J connectivity index is 2.52. The van der Waals surface area contributed by atoms with Crippen LogP contribution in [0.1, 0.15) is 4.88 Å². The summed E-state index contributed by atoms with van der Waals surface area (Å²) >= 11 is 6.86. The Morgan fingerprint density at radius 3 is 2.77 bits per heavy atom. The van der Waals surface area contributed by atoms with Crippen LogP contribution in [0.25, 0.3) is 10.6 Å². The molecule has 0 aromatic carbocycles. The first-order valence-corrected chi connectivity index (χ1v) is 5.24. The monoisotopic (exact) mass is 207 g/mol. The third kappa shape index (κ3) is 1.87. The van der Waals surface area contributed by atoms with Gasteiger partial charge >= 0.3 is 0 Å². The van der Waals surface area contributed by atoms with Crippen molar-refractivity contribution >= 4 is 23.6 Å². The van der Waals surface area contributed by atoms with Crippen LogP contribution in [0.2, 0.25) is 0 Å². The number of pyridine rings is 1. The fourth-order valence-electron chi connectivity index (χ4n) is 1.17. The van der Waals surface area contributed by atoms with Crippen LogP contribution in [0.3, 0.4) is 0 Å². The lowest BCUT2D eigenvalue weighted by Crippen LogP contribution is -1.77. The van der Waals surface area contributed by atoms with Gasteiger partial charge in [-0.05, 0) is 31.2 Å². The summed E-state index contributed by atoms with van der Waals surface area (Å²) in [4.78, 5) is 5.74. The van der Waals surface area contributed by atoms with Crippen LogP contribution >= 0.6 is 23.6 Å². The smallest absolute Gasteiger partial charge is 0.0569 e. The van der Waals surface area contributed by atoms with E-state index in [4.69, 9.17) is 12.2 Å². The number of hydrogen-bond donors (Lipinski definition) is 1. The summed E-state index contributed by atoms with van der Waals surface area (Å²) in [5.41, 5.74) is 1.10. The van der Waals surface area contributed by atoms with Crippen LogP contribution in [0, 0.1) is 11.4 Å². The Bertz CT molecular complexity index is 468. The number of nitrogens with one attached hydrogen (secondary N) is 1. The highest BCUT2D eigenvalue weighted by Crippen LogP contribution is 2.25. The molecular weight excluding hydrogens is 198 g/mol. The molecule has 66 valence electrons. The summed E-state index contributed by atoms with van der Waals surface area (Å²) < 4.78 is 0.875. The van der Waals surface area contributed by atoms with Gasteiger partial charge in [0.25, 0.3) is 0 Å². The first-order valence-electron chi connectivity index (χ1n) is 4.01.